The van der Waals surface area contributed by atoms with Crippen molar-refractivity contribution in [2.45, 2.75) is 368 Å². The lowest BCUT2D eigenvalue weighted by molar-refractivity contribution is -0.167. The molecule has 416 valence electrons. The van der Waals surface area contributed by atoms with Crippen molar-refractivity contribution in [1.29, 1.82) is 0 Å². The number of hydrogen-bond acceptors (Lipinski definition) is 6. The second-order valence-electron chi connectivity index (χ2n) is 23.0. The van der Waals surface area contributed by atoms with Crippen molar-refractivity contribution in [3.63, 3.8) is 0 Å². The van der Waals surface area contributed by atoms with Gasteiger partial charge >= 0.3 is 17.9 Å². The molecule has 0 amide bonds. The van der Waals surface area contributed by atoms with Crippen LogP contribution < -0.4 is 0 Å². The molecule has 0 aliphatic carbocycles. The van der Waals surface area contributed by atoms with Gasteiger partial charge in [-0.05, 0) is 31.1 Å². The molecule has 70 heavy (non-hydrogen) atoms. The molecule has 0 fully saturated rings. The number of carbonyl (C=O) groups is 3. The number of rotatable bonds is 58. The van der Waals surface area contributed by atoms with E-state index in [4.69, 9.17) is 14.2 Å². The molecule has 0 bridgehead atoms. The minimum atomic E-state index is -0.764. The fourth-order valence-electron chi connectivity index (χ4n) is 9.93. The van der Waals surface area contributed by atoms with Gasteiger partial charge in [0.2, 0.25) is 0 Å². The van der Waals surface area contributed by atoms with Crippen LogP contribution in [0.2, 0.25) is 0 Å². The molecule has 6 heteroatoms. The lowest BCUT2D eigenvalue weighted by atomic mass is 10.0. The van der Waals surface area contributed by atoms with Crippen LogP contribution in [-0.4, -0.2) is 37.2 Å². The normalized spacial score (nSPS) is 12.0. The summed E-state index contributed by atoms with van der Waals surface area (Å²) in [5.41, 5.74) is 0. The number of carbonyl (C=O) groups excluding carboxylic acids is 3. The fourth-order valence-corrected chi connectivity index (χ4v) is 9.93. The summed E-state index contributed by atoms with van der Waals surface area (Å²) in [7, 11) is 0. The van der Waals surface area contributed by atoms with E-state index in [0.717, 1.165) is 69.6 Å². The Morgan fingerprint density at radius 3 is 0.700 bits per heavy atom. The molecular formula is C64H124O6. The standard InChI is InChI=1S/C64H124O6/c1-6-7-8-9-10-11-12-13-14-15-16-19-25-31-36-41-46-51-56-64(67)70-61(58-69-63(66)55-50-45-40-35-30-26-21-23-28-33-38-43-48-53-60(4)5)57-68-62(65)54-49-44-39-34-29-24-20-17-18-22-27-32-37-42-47-52-59(2)3/h59-61H,6-58H2,1-5H3/t61-/m1/s1. The molecule has 0 saturated carbocycles. The van der Waals surface area contributed by atoms with E-state index in [9.17, 15) is 14.4 Å². The van der Waals surface area contributed by atoms with E-state index < -0.39 is 6.10 Å². The highest BCUT2D eigenvalue weighted by molar-refractivity contribution is 5.71. The van der Waals surface area contributed by atoms with Gasteiger partial charge < -0.3 is 14.2 Å². The predicted octanol–water partition coefficient (Wildman–Crippen LogP) is 21.2. The topological polar surface area (TPSA) is 78.9 Å². The fraction of sp³-hybridized carbons (Fsp3) is 0.953. The zero-order chi connectivity index (χ0) is 51.1. The summed E-state index contributed by atoms with van der Waals surface area (Å²) < 4.78 is 17.0. The highest BCUT2D eigenvalue weighted by atomic mass is 16.6. The van der Waals surface area contributed by atoms with Gasteiger partial charge in [-0.25, -0.2) is 0 Å². The Bertz CT molecular complexity index is 1070. The lowest BCUT2D eigenvalue weighted by Crippen LogP contribution is -2.30. The van der Waals surface area contributed by atoms with E-state index in [1.165, 1.54) is 250 Å². The summed E-state index contributed by atoms with van der Waals surface area (Å²) in [6.45, 7) is 11.5. The maximum atomic E-state index is 12.9. The molecular weight excluding hydrogens is 865 g/mol. The monoisotopic (exact) mass is 989 g/mol. The summed E-state index contributed by atoms with van der Waals surface area (Å²) in [6.07, 6.45) is 62.4. The molecule has 0 aliphatic heterocycles. The molecule has 1 atom stereocenters. The molecule has 0 aromatic rings. The van der Waals surface area contributed by atoms with Crippen molar-refractivity contribution >= 4 is 17.9 Å². The van der Waals surface area contributed by atoms with Gasteiger partial charge in [-0.1, -0.05) is 324 Å². The zero-order valence-corrected chi connectivity index (χ0v) is 48.2. The average molecular weight is 990 g/mol. The Hall–Kier alpha value is -1.59. The van der Waals surface area contributed by atoms with Crippen LogP contribution in [-0.2, 0) is 28.6 Å². The molecule has 0 unspecified atom stereocenters. The third-order valence-electron chi connectivity index (χ3n) is 14.7. The van der Waals surface area contributed by atoms with Crippen molar-refractivity contribution in [1.82, 2.24) is 0 Å². The van der Waals surface area contributed by atoms with E-state index >= 15 is 0 Å². The molecule has 0 aromatic carbocycles. The Labute approximate surface area is 438 Å². The van der Waals surface area contributed by atoms with Gasteiger partial charge in [-0.15, -0.1) is 0 Å². The van der Waals surface area contributed by atoms with Crippen molar-refractivity contribution in [3.05, 3.63) is 0 Å². The van der Waals surface area contributed by atoms with Crippen LogP contribution in [0.3, 0.4) is 0 Å². The quantitative estimate of drug-likeness (QED) is 0.0343. The molecule has 0 saturated heterocycles. The summed E-state index contributed by atoms with van der Waals surface area (Å²) in [4.78, 5) is 38.3. The summed E-state index contributed by atoms with van der Waals surface area (Å²) in [5.74, 6) is 0.857. The van der Waals surface area contributed by atoms with E-state index in [1.54, 1.807) is 0 Å². The minimum absolute atomic E-state index is 0.0619. The molecule has 0 aromatic heterocycles. The first kappa shape index (κ1) is 68.4. The highest BCUT2D eigenvalue weighted by Gasteiger charge is 2.19. The van der Waals surface area contributed by atoms with Gasteiger partial charge in [0.15, 0.2) is 6.10 Å². The van der Waals surface area contributed by atoms with Crippen molar-refractivity contribution in [3.8, 4) is 0 Å². The number of esters is 3. The van der Waals surface area contributed by atoms with Crippen LogP contribution in [0.4, 0.5) is 0 Å². The third-order valence-corrected chi connectivity index (χ3v) is 14.7. The van der Waals surface area contributed by atoms with Crippen LogP contribution in [0.15, 0.2) is 0 Å². The van der Waals surface area contributed by atoms with Gasteiger partial charge in [0.25, 0.3) is 0 Å². The molecule has 0 aliphatic rings. The molecule has 0 N–H and O–H groups in total. The smallest absolute Gasteiger partial charge is 0.306 e. The van der Waals surface area contributed by atoms with Crippen molar-refractivity contribution < 1.29 is 28.6 Å². The van der Waals surface area contributed by atoms with Gasteiger partial charge in [-0.2, -0.15) is 0 Å². The Kier molecular flexibility index (Phi) is 55.4. The first-order valence-electron chi connectivity index (χ1n) is 31.7. The van der Waals surface area contributed by atoms with E-state index in [-0.39, 0.29) is 31.1 Å². The molecule has 0 spiro atoms. The van der Waals surface area contributed by atoms with Crippen molar-refractivity contribution in [2.75, 3.05) is 13.2 Å². The molecule has 6 nitrogen and oxygen atoms in total. The van der Waals surface area contributed by atoms with E-state index in [0.29, 0.717) is 19.3 Å². The lowest BCUT2D eigenvalue weighted by Gasteiger charge is -2.18. The Balaban J connectivity index is 4.29. The van der Waals surface area contributed by atoms with Crippen LogP contribution in [0.25, 0.3) is 0 Å². The zero-order valence-electron chi connectivity index (χ0n) is 48.2. The summed E-state index contributed by atoms with van der Waals surface area (Å²) in [6, 6.07) is 0. The predicted molar refractivity (Wildman–Crippen MR) is 303 cm³/mol. The van der Waals surface area contributed by atoms with Crippen LogP contribution >= 0.6 is 0 Å². The Morgan fingerprint density at radius 2 is 0.471 bits per heavy atom. The maximum Gasteiger partial charge on any atom is 0.306 e. The number of hydrogen-bond donors (Lipinski definition) is 0. The average Bonchev–Trinajstić information content (AvgIpc) is 3.33. The molecule has 0 heterocycles. The van der Waals surface area contributed by atoms with Gasteiger partial charge in [0, 0.05) is 19.3 Å². The minimum Gasteiger partial charge on any atom is -0.462 e. The van der Waals surface area contributed by atoms with Gasteiger partial charge in [0.1, 0.15) is 13.2 Å². The van der Waals surface area contributed by atoms with E-state index in [2.05, 4.69) is 34.6 Å². The molecule has 0 rings (SSSR count). The van der Waals surface area contributed by atoms with Crippen LogP contribution in [0.5, 0.6) is 0 Å². The molecule has 0 radical (unpaired) electrons. The maximum absolute atomic E-state index is 12.9. The largest absolute Gasteiger partial charge is 0.462 e. The first-order chi connectivity index (χ1) is 34.2. The summed E-state index contributed by atoms with van der Waals surface area (Å²) >= 11 is 0. The van der Waals surface area contributed by atoms with Gasteiger partial charge in [0.05, 0.1) is 0 Å². The highest BCUT2D eigenvalue weighted by Crippen LogP contribution is 2.19. The first-order valence-corrected chi connectivity index (χ1v) is 31.7. The third kappa shape index (κ3) is 57.3. The number of ether oxygens (including phenoxy) is 3. The Morgan fingerprint density at radius 1 is 0.271 bits per heavy atom. The van der Waals surface area contributed by atoms with Crippen molar-refractivity contribution in [2.24, 2.45) is 11.8 Å². The summed E-state index contributed by atoms with van der Waals surface area (Å²) in [5, 5.41) is 0. The number of unbranched alkanes of at least 4 members (excludes halogenated alkanes) is 43. The van der Waals surface area contributed by atoms with Gasteiger partial charge in [-0.3, -0.25) is 14.4 Å². The second kappa shape index (κ2) is 56.7. The SMILES string of the molecule is CCCCCCCCCCCCCCCCCCCCC(=O)O[C@H](COC(=O)CCCCCCCCCCCCCCCCCC(C)C)COC(=O)CCCCCCCCCCCCCCCC(C)C. The van der Waals surface area contributed by atoms with Crippen LogP contribution in [0.1, 0.15) is 362 Å². The second-order valence-corrected chi connectivity index (χ2v) is 23.0. The van der Waals surface area contributed by atoms with E-state index in [1.807, 2.05) is 0 Å². The van der Waals surface area contributed by atoms with Crippen LogP contribution in [0, 0.1) is 11.8 Å².